The molecule has 1 amide bonds. The maximum atomic E-state index is 12.0. The van der Waals surface area contributed by atoms with Gasteiger partial charge in [0, 0.05) is 0 Å². The SMILES string of the molecule is COC(=O)C(NC(=O)C(C)NCC(=O)OC(C)(C)C)C(C)C. The normalized spacial score (nSPS) is 14.2. The van der Waals surface area contributed by atoms with Crippen LogP contribution in [0.1, 0.15) is 41.5 Å². The van der Waals surface area contributed by atoms with Crippen molar-refractivity contribution in [1.82, 2.24) is 10.6 Å². The first-order valence-electron chi connectivity index (χ1n) is 7.31. The van der Waals surface area contributed by atoms with Crippen LogP contribution in [0.3, 0.4) is 0 Å². The van der Waals surface area contributed by atoms with Crippen LogP contribution in [0.2, 0.25) is 0 Å². The molecule has 2 N–H and O–H groups in total. The Hall–Kier alpha value is -1.63. The molecule has 2 unspecified atom stereocenters. The van der Waals surface area contributed by atoms with Crippen LogP contribution in [-0.2, 0) is 23.9 Å². The Labute approximate surface area is 132 Å². The van der Waals surface area contributed by atoms with Gasteiger partial charge in [0.25, 0.3) is 0 Å². The number of nitrogens with one attached hydrogen (secondary N) is 2. The molecule has 0 saturated carbocycles. The monoisotopic (exact) mass is 316 g/mol. The highest BCUT2D eigenvalue weighted by Crippen LogP contribution is 2.06. The van der Waals surface area contributed by atoms with Gasteiger partial charge in [0.05, 0.1) is 19.7 Å². The third kappa shape index (κ3) is 7.97. The van der Waals surface area contributed by atoms with Crippen LogP contribution in [0.5, 0.6) is 0 Å². The molecule has 128 valence electrons. The summed E-state index contributed by atoms with van der Waals surface area (Å²) in [7, 11) is 1.27. The highest BCUT2D eigenvalue weighted by molar-refractivity contribution is 5.87. The van der Waals surface area contributed by atoms with Crippen molar-refractivity contribution in [2.45, 2.75) is 59.2 Å². The fourth-order valence-electron chi connectivity index (χ4n) is 1.61. The quantitative estimate of drug-likeness (QED) is 0.669. The first-order chi connectivity index (χ1) is 9.97. The van der Waals surface area contributed by atoms with Gasteiger partial charge < -0.3 is 14.8 Å². The summed E-state index contributed by atoms with van der Waals surface area (Å²) in [6, 6.07) is -1.36. The molecular formula is C15H28N2O5. The first-order valence-corrected chi connectivity index (χ1v) is 7.31. The van der Waals surface area contributed by atoms with Crippen LogP contribution < -0.4 is 10.6 Å². The Balaban J connectivity index is 4.42. The molecule has 0 radical (unpaired) electrons. The van der Waals surface area contributed by atoms with Crippen molar-refractivity contribution in [3.8, 4) is 0 Å². The molecule has 22 heavy (non-hydrogen) atoms. The topological polar surface area (TPSA) is 93.7 Å². The molecule has 0 saturated heterocycles. The third-order valence-electron chi connectivity index (χ3n) is 2.79. The second-order valence-electron chi connectivity index (χ2n) is 6.44. The van der Waals surface area contributed by atoms with E-state index < -0.39 is 29.6 Å². The zero-order chi connectivity index (χ0) is 17.5. The van der Waals surface area contributed by atoms with E-state index in [-0.39, 0.29) is 18.4 Å². The van der Waals surface area contributed by atoms with Gasteiger partial charge in [-0.05, 0) is 33.6 Å². The molecule has 0 heterocycles. The molecular weight excluding hydrogens is 288 g/mol. The smallest absolute Gasteiger partial charge is 0.328 e. The number of methoxy groups -OCH3 is 1. The number of hydrogen-bond acceptors (Lipinski definition) is 6. The molecule has 0 aliphatic rings. The van der Waals surface area contributed by atoms with E-state index in [1.165, 1.54) is 7.11 Å². The molecule has 0 aliphatic heterocycles. The van der Waals surface area contributed by atoms with E-state index >= 15 is 0 Å². The van der Waals surface area contributed by atoms with Gasteiger partial charge in [0.2, 0.25) is 5.91 Å². The summed E-state index contributed by atoms with van der Waals surface area (Å²) in [4.78, 5) is 35.2. The van der Waals surface area contributed by atoms with E-state index in [0.717, 1.165) is 0 Å². The van der Waals surface area contributed by atoms with Crippen LogP contribution >= 0.6 is 0 Å². The lowest BCUT2D eigenvalue weighted by molar-refractivity contribution is -0.154. The summed E-state index contributed by atoms with van der Waals surface area (Å²) in [5.41, 5.74) is -0.572. The molecule has 2 atom stereocenters. The Morgan fingerprint density at radius 2 is 1.64 bits per heavy atom. The van der Waals surface area contributed by atoms with Gasteiger partial charge in [-0.25, -0.2) is 4.79 Å². The van der Waals surface area contributed by atoms with Crippen LogP contribution in [0.25, 0.3) is 0 Å². The van der Waals surface area contributed by atoms with E-state index in [2.05, 4.69) is 15.4 Å². The average molecular weight is 316 g/mol. The van der Waals surface area contributed by atoms with E-state index in [1.807, 2.05) is 0 Å². The second-order valence-corrected chi connectivity index (χ2v) is 6.44. The molecule has 7 nitrogen and oxygen atoms in total. The molecule has 0 rings (SSSR count). The van der Waals surface area contributed by atoms with E-state index in [0.29, 0.717) is 0 Å². The van der Waals surface area contributed by atoms with Crippen molar-refractivity contribution in [3.05, 3.63) is 0 Å². The molecule has 0 aromatic heterocycles. The van der Waals surface area contributed by atoms with Gasteiger partial charge in [0.15, 0.2) is 0 Å². The van der Waals surface area contributed by atoms with Gasteiger partial charge in [0.1, 0.15) is 11.6 Å². The molecule has 0 aromatic rings. The van der Waals surface area contributed by atoms with Crippen LogP contribution in [0.4, 0.5) is 0 Å². The van der Waals surface area contributed by atoms with Crippen LogP contribution in [-0.4, -0.2) is 49.2 Å². The van der Waals surface area contributed by atoms with Crippen LogP contribution in [0.15, 0.2) is 0 Å². The minimum Gasteiger partial charge on any atom is -0.467 e. The Kier molecular flexibility index (Phi) is 8.08. The fourth-order valence-corrected chi connectivity index (χ4v) is 1.61. The fraction of sp³-hybridized carbons (Fsp3) is 0.800. The second kappa shape index (κ2) is 8.73. The molecule has 0 fully saturated rings. The number of carbonyl (C=O) groups is 3. The lowest BCUT2D eigenvalue weighted by atomic mass is 10.0. The average Bonchev–Trinajstić information content (AvgIpc) is 2.38. The number of carbonyl (C=O) groups excluding carboxylic acids is 3. The zero-order valence-corrected chi connectivity index (χ0v) is 14.5. The number of ether oxygens (including phenoxy) is 2. The molecule has 0 bridgehead atoms. The standard InChI is InChI=1S/C15H28N2O5/c1-9(2)12(14(20)21-7)17-13(19)10(3)16-8-11(18)22-15(4,5)6/h9-10,12,16H,8H2,1-7H3,(H,17,19). The number of amides is 1. The van der Waals surface area contributed by atoms with Gasteiger partial charge >= 0.3 is 11.9 Å². The van der Waals surface area contributed by atoms with Crippen molar-refractivity contribution < 1.29 is 23.9 Å². The third-order valence-corrected chi connectivity index (χ3v) is 2.79. The highest BCUT2D eigenvalue weighted by Gasteiger charge is 2.27. The van der Waals surface area contributed by atoms with Gasteiger partial charge in [-0.3, -0.25) is 14.9 Å². The summed E-state index contributed by atoms with van der Waals surface area (Å²) in [6.45, 7) is 10.4. The largest absolute Gasteiger partial charge is 0.467 e. The highest BCUT2D eigenvalue weighted by atomic mass is 16.6. The predicted octanol–water partition coefficient (Wildman–Crippen LogP) is 0.620. The van der Waals surface area contributed by atoms with Gasteiger partial charge in [-0.2, -0.15) is 0 Å². The Morgan fingerprint density at radius 1 is 1.09 bits per heavy atom. The van der Waals surface area contributed by atoms with E-state index in [9.17, 15) is 14.4 Å². The number of rotatable bonds is 7. The van der Waals surface area contributed by atoms with Crippen LogP contribution in [0, 0.1) is 5.92 Å². The molecule has 0 aliphatic carbocycles. The van der Waals surface area contributed by atoms with Crippen molar-refractivity contribution in [3.63, 3.8) is 0 Å². The Morgan fingerprint density at radius 3 is 2.05 bits per heavy atom. The molecule has 0 spiro atoms. The lowest BCUT2D eigenvalue weighted by Gasteiger charge is -2.23. The lowest BCUT2D eigenvalue weighted by Crippen LogP contribution is -2.52. The number of esters is 2. The molecule has 0 aromatic carbocycles. The minimum atomic E-state index is -0.719. The maximum Gasteiger partial charge on any atom is 0.328 e. The van der Waals surface area contributed by atoms with Crippen molar-refractivity contribution in [2.75, 3.05) is 13.7 Å². The summed E-state index contributed by atoms with van der Waals surface area (Å²) in [5, 5.41) is 5.38. The summed E-state index contributed by atoms with van der Waals surface area (Å²) < 4.78 is 9.79. The van der Waals surface area contributed by atoms with Crippen molar-refractivity contribution in [2.24, 2.45) is 5.92 Å². The zero-order valence-electron chi connectivity index (χ0n) is 14.5. The number of hydrogen-bond donors (Lipinski definition) is 2. The predicted molar refractivity (Wildman–Crippen MR) is 82.1 cm³/mol. The van der Waals surface area contributed by atoms with Gasteiger partial charge in [-0.15, -0.1) is 0 Å². The van der Waals surface area contributed by atoms with Crippen molar-refractivity contribution >= 4 is 17.8 Å². The summed E-state index contributed by atoms with van der Waals surface area (Å²) in [5.74, 6) is -1.43. The van der Waals surface area contributed by atoms with Gasteiger partial charge in [-0.1, -0.05) is 13.8 Å². The molecule has 7 heteroatoms. The summed E-state index contributed by atoms with van der Waals surface area (Å²) in [6.07, 6.45) is 0. The maximum absolute atomic E-state index is 12.0. The Bertz CT molecular complexity index is 401. The first kappa shape index (κ1) is 20.4. The summed E-state index contributed by atoms with van der Waals surface area (Å²) >= 11 is 0. The van der Waals surface area contributed by atoms with Crippen molar-refractivity contribution in [1.29, 1.82) is 0 Å². The minimum absolute atomic E-state index is 0.0869. The van der Waals surface area contributed by atoms with E-state index in [4.69, 9.17) is 4.74 Å². The van der Waals surface area contributed by atoms with E-state index in [1.54, 1.807) is 41.5 Å².